The molecule has 5 rings (SSSR count). The van der Waals surface area contributed by atoms with Crippen LogP contribution in [-0.2, 0) is 17.6 Å². The zero-order valence-corrected chi connectivity index (χ0v) is 22.5. The van der Waals surface area contributed by atoms with Crippen molar-refractivity contribution in [3.05, 3.63) is 113 Å². The van der Waals surface area contributed by atoms with Crippen LogP contribution in [0.25, 0.3) is 0 Å². The molecule has 216 valence electrons. The number of hydrogen-bond acceptors (Lipinski definition) is 9. The summed E-state index contributed by atoms with van der Waals surface area (Å²) in [5.74, 6) is -2.36. The number of phenols is 4. The number of fused-ring (bicyclic) bond motifs is 1. The van der Waals surface area contributed by atoms with Gasteiger partial charge in [-0.25, -0.2) is 14.4 Å². The molecule has 0 radical (unpaired) electrons. The summed E-state index contributed by atoms with van der Waals surface area (Å²) in [4.78, 5) is 35.2. The summed E-state index contributed by atoms with van der Waals surface area (Å²) in [5.41, 5.74) is 1.59. The van der Waals surface area contributed by atoms with E-state index in [2.05, 4.69) is 0 Å². The molecule has 0 bridgehead atoms. The fourth-order valence-corrected chi connectivity index (χ4v) is 4.54. The minimum absolute atomic E-state index is 0.0108. The molecule has 1 aliphatic carbocycles. The predicted octanol–water partition coefficient (Wildman–Crippen LogP) is 5.07. The van der Waals surface area contributed by atoms with Gasteiger partial charge in [0, 0.05) is 11.5 Å². The lowest BCUT2D eigenvalue weighted by molar-refractivity contribution is 0.0326. The summed E-state index contributed by atoms with van der Waals surface area (Å²) in [7, 11) is 0. The molecule has 5 N–H and O–H groups in total. The van der Waals surface area contributed by atoms with Crippen LogP contribution in [0.4, 0.5) is 0 Å². The minimum Gasteiger partial charge on any atom is -0.508 e. The van der Waals surface area contributed by atoms with Crippen molar-refractivity contribution < 1.29 is 49.4 Å². The smallest absolute Gasteiger partial charge is 0.343 e. The molecule has 0 aliphatic heterocycles. The highest BCUT2D eigenvalue weighted by Crippen LogP contribution is 2.42. The molecule has 0 saturated heterocycles. The fraction of sp³-hybridized carbons (Fsp3) is 0.156. The highest BCUT2D eigenvalue weighted by Gasteiger charge is 2.38. The molecule has 4 aromatic rings. The van der Waals surface area contributed by atoms with Gasteiger partial charge in [0.05, 0.1) is 23.3 Å². The molecule has 0 aromatic heterocycles. The van der Waals surface area contributed by atoms with Crippen LogP contribution < -0.4 is 4.74 Å². The number of benzene rings is 4. The molecule has 0 heterocycles. The summed E-state index contributed by atoms with van der Waals surface area (Å²) in [6.45, 7) is 1.99. The van der Waals surface area contributed by atoms with E-state index in [0.29, 0.717) is 35.1 Å². The number of phenolic OH excluding ortho intramolecular Hbond substituents is 4. The third kappa shape index (κ3) is 6.97. The molecule has 1 unspecified atom stereocenters. The number of esters is 2. The van der Waals surface area contributed by atoms with Gasteiger partial charge in [-0.05, 0) is 84.6 Å². The standard InChI is InChI=1S/C19H18O6.C13H10O4/c1-19(10-25-18(24)11-2-4-12(20)5-3-11)8-14-13(17(22)23)6-7-16(21)15(14)9-19;14-10-6-7-12(11(15)8-10)17-13(16)9-4-2-1-3-5-9/h2-7,20-21H,8-10H2,1H3,(H,22,23);1-8,14-15H. The molecule has 42 heavy (non-hydrogen) atoms. The zero-order chi connectivity index (χ0) is 30.4. The molecule has 1 atom stereocenters. The Bertz CT molecular complexity index is 1610. The Balaban J connectivity index is 0.000000208. The van der Waals surface area contributed by atoms with Gasteiger partial charge in [0.1, 0.15) is 17.2 Å². The first-order valence-electron chi connectivity index (χ1n) is 12.8. The van der Waals surface area contributed by atoms with Crippen LogP contribution in [0.2, 0.25) is 0 Å². The molecular weight excluding hydrogens is 544 g/mol. The van der Waals surface area contributed by atoms with E-state index in [1.54, 1.807) is 30.3 Å². The number of carboxylic acids is 1. The van der Waals surface area contributed by atoms with Crippen LogP contribution in [0.15, 0.2) is 84.9 Å². The fourth-order valence-electron chi connectivity index (χ4n) is 4.54. The van der Waals surface area contributed by atoms with Crippen molar-refractivity contribution in [2.24, 2.45) is 5.41 Å². The third-order valence-corrected chi connectivity index (χ3v) is 6.65. The number of carbonyl (C=O) groups is 3. The largest absolute Gasteiger partial charge is 0.508 e. The number of carboxylic acid groups (broad SMARTS) is 1. The quantitative estimate of drug-likeness (QED) is 0.155. The second-order valence-corrected chi connectivity index (χ2v) is 10.1. The first kappa shape index (κ1) is 29.5. The average molecular weight is 573 g/mol. The predicted molar refractivity (Wildman–Crippen MR) is 150 cm³/mol. The second-order valence-electron chi connectivity index (χ2n) is 10.1. The lowest BCUT2D eigenvalue weighted by Gasteiger charge is -2.23. The van der Waals surface area contributed by atoms with Crippen LogP contribution in [0.3, 0.4) is 0 Å². The molecule has 4 aromatic carbocycles. The number of rotatable bonds is 6. The van der Waals surface area contributed by atoms with E-state index in [9.17, 15) is 34.8 Å². The van der Waals surface area contributed by atoms with Crippen LogP contribution in [-0.4, -0.2) is 50.0 Å². The van der Waals surface area contributed by atoms with Crippen LogP contribution in [0.5, 0.6) is 28.7 Å². The Labute approximate surface area is 240 Å². The monoisotopic (exact) mass is 572 g/mol. The number of aromatic carboxylic acids is 1. The van der Waals surface area contributed by atoms with E-state index >= 15 is 0 Å². The van der Waals surface area contributed by atoms with Gasteiger partial charge in [0.2, 0.25) is 0 Å². The Kier molecular flexibility index (Phi) is 8.66. The Morgan fingerprint density at radius 2 is 1.33 bits per heavy atom. The molecule has 10 nitrogen and oxygen atoms in total. The molecule has 10 heteroatoms. The van der Waals surface area contributed by atoms with Gasteiger partial charge in [-0.1, -0.05) is 25.1 Å². The molecule has 0 fully saturated rings. The Morgan fingerprint density at radius 3 is 1.98 bits per heavy atom. The van der Waals surface area contributed by atoms with Gasteiger partial charge in [-0.3, -0.25) is 0 Å². The number of ether oxygens (including phenoxy) is 2. The minimum atomic E-state index is -1.04. The topological polar surface area (TPSA) is 171 Å². The maximum atomic E-state index is 12.1. The summed E-state index contributed by atoms with van der Waals surface area (Å²) in [5, 5.41) is 47.1. The first-order valence-corrected chi connectivity index (χ1v) is 12.8. The van der Waals surface area contributed by atoms with Gasteiger partial charge >= 0.3 is 17.9 Å². The van der Waals surface area contributed by atoms with Gasteiger partial charge in [-0.2, -0.15) is 0 Å². The SMILES string of the molecule is CC1(COC(=O)c2ccc(O)cc2)Cc2c(O)ccc(C(=O)O)c2C1.O=C(Oc1ccc(O)cc1O)c1ccccc1. The molecule has 0 saturated carbocycles. The number of aromatic hydroxyl groups is 4. The van der Waals surface area contributed by atoms with E-state index in [1.807, 2.05) is 6.92 Å². The molecule has 0 amide bonds. The van der Waals surface area contributed by atoms with Crippen molar-refractivity contribution in [3.63, 3.8) is 0 Å². The normalized spacial score (nSPS) is 15.1. The maximum Gasteiger partial charge on any atom is 0.343 e. The van der Waals surface area contributed by atoms with Crippen molar-refractivity contribution in [2.75, 3.05) is 6.61 Å². The molecule has 1 aliphatic rings. The maximum absolute atomic E-state index is 12.1. The van der Waals surface area contributed by atoms with Gasteiger partial charge < -0.3 is 35.0 Å². The molecular formula is C32H28O10. The van der Waals surface area contributed by atoms with Crippen LogP contribution in [0.1, 0.15) is 49.1 Å². The van der Waals surface area contributed by atoms with E-state index in [1.165, 1.54) is 48.5 Å². The summed E-state index contributed by atoms with van der Waals surface area (Å²) < 4.78 is 10.4. The third-order valence-electron chi connectivity index (χ3n) is 6.65. The van der Waals surface area contributed by atoms with Crippen molar-refractivity contribution in [1.29, 1.82) is 0 Å². The molecule has 0 spiro atoms. The Hall–Kier alpha value is -5.51. The van der Waals surface area contributed by atoms with E-state index in [-0.39, 0.29) is 40.9 Å². The van der Waals surface area contributed by atoms with Gasteiger partial charge in [0.15, 0.2) is 11.5 Å². The van der Waals surface area contributed by atoms with Gasteiger partial charge in [-0.15, -0.1) is 0 Å². The highest BCUT2D eigenvalue weighted by atomic mass is 16.5. The average Bonchev–Trinajstić information content (AvgIpc) is 3.33. The lowest BCUT2D eigenvalue weighted by atomic mass is 9.88. The van der Waals surface area contributed by atoms with Crippen molar-refractivity contribution in [3.8, 4) is 28.7 Å². The van der Waals surface area contributed by atoms with Crippen LogP contribution in [0, 0.1) is 5.41 Å². The second kappa shape index (κ2) is 12.3. The van der Waals surface area contributed by atoms with Crippen LogP contribution >= 0.6 is 0 Å². The first-order chi connectivity index (χ1) is 20.0. The summed E-state index contributed by atoms with van der Waals surface area (Å²) >= 11 is 0. The number of carbonyl (C=O) groups excluding carboxylic acids is 2. The number of hydrogen-bond donors (Lipinski definition) is 5. The summed E-state index contributed by atoms with van der Waals surface area (Å²) in [6, 6.07) is 20.7. The van der Waals surface area contributed by atoms with E-state index in [0.717, 1.165) is 6.07 Å². The van der Waals surface area contributed by atoms with Crippen molar-refractivity contribution in [2.45, 2.75) is 19.8 Å². The Morgan fingerprint density at radius 1 is 0.714 bits per heavy atom. The zero-order valence-electron chi connectivity index (χ0n) is 22.5. The van der Waals surface area contributed by atoms with E-state index in [4.69, 9.17) is 14.6 Å². The van der Waals surface area contributed by atoms with E-state index < -0.39 is 23.3 Å². The lowest BCUT2D eigenvalue weighted by Crippen LogP contribution is -2.26. The highest BCUT2D eigenvalue weighted by molar-refractivity contribution is 5.92. The van der Waals surface area contributed by atoms with Gasteiger partial charge in [0.25, 0.3) is 0 Å². The van der Waals surface area contributed by atoms with Crippen molar-refractivity contribution in [1.82, 2.24) is 0 Å². The summed E-state index contributed by atoms with van der Waals surface area (Å²) in [6.07, 6.45) is 0.833. The van der Waals surface area contributed by atoms with Crippen molar-refractivity contribution >= 4 is 17.9 Å².